The quantitative estimate of drug-likeness (QED) is 0.609. The molecule has 1 amide bonds. The SMILES string of the molecule is CC1CCCC=NC1c1ccc(-c2cc(C(N)=NC(=O)O)ncn2)cc1Cl. The highest BCUT2D eigenvalue weighted by atomic mass is 35.5. The molecule has 0 spiro atoms. The van der Waals surface area contributed by atoms with Crippen LogP contribution in [0, 0.1) is 5.92 Å². The van der Waals surface area contributed by atoms with Crippen molar-refractivity contribution in [2.45, 2.75) is 32.2 Å². The van der Waals surface area contributed by atoms with Gasteiger partial charge in [0.05, 0.1) is 11.7 Å². The molecule has 0 fully saturated rings. The van der Waals surface area contributed by atoms with Gasteiger partial charge in [-0.1, -0.05) is 30.7 Å². The Hall–Kier alpha value is -2.80. The molecule has 0 bridgehead atoms. The van der Waals surface area contributed by atoms with Crippen LogP contribution in [0.5, 0.6) is 0 Å². The standard InChI is InChI=1S/C19H20ClN5O2/c1-11-4-2-3-7-22-17(11)13-6-5-12(8-14(13)20)15-9-16(24-10-23-15)18(21)25-19(26)27/h5-11,17H,2-4H2,1H3,(H2,21,25)(H,26,27). The highest BCUT2D eigenvalue weighted by Gasteiger charge is 2.22. The van der Waals surface area contributed by atoms with Crippen molar-refractivity contribution in [3.63, 3.8) is 0 Å². The molecule has 0 saturated heterocycles. The van der Waals surface area contributed by atoms with Gasteiger partial charge in [-0.2, -0.15) is 4.99 Å². The average Bonchev–Trinajstić information content (AvgIpc) is 2.85. The minimum Gasteiger partial charge on any atom is -0.463 e. The van der Waals surface area contributed by atoms with E-state index in [-0.39, 0.29) is 17.6 Å². The monoisotopic (exact) mass is 385 g/mol. The molecule has 1 aromatic heterocycles. The Morgan fingerprint density at radius 2 is 2.15 bits per heavy atom. The molecule has 2 unspecified atom stereocenters. The Balaban J connectivity index is 1.93. The van der Waals surface area contributed by atoms with Crippen LogP contribution >= 0.6 is 11.6 Å². The lowest BCUT2D eigenvalue weighted by atomic mass is 9.91. The van der Waals surface area contributed by atoms with E-state index in [1.54, 1.807) is 6.07 Å². The molecular weight excluding hydrogens is 366 g/mol. The van der Waals surface area contributed by atoms with Crippen molar-refractivity contribution in [3.05, 3.63) is 46.9 Å². The van der Waals surface area contributed by atoms with E-state index in [2.05, 4.69) is 26.9 Å². The number of hydrogen-bond acceptors (Lipinski definition) is 4. The predicted molar refractivity (Wildman–Crippen MR) is 105 cm³/mol. The van der Waals surface area contributed by atoms with Crippen LogP contribution in [0.3, 0.4) is 0 Å². The molecule has 2 aromatic rings. The summed E-state index contributed by atoms with van der Waals surface area (Å²) in [5.74, 6) is 0.236. The number of aromatic nitrogens is 2. The van der Waals surface area contributed by atoms with Crippen molar-refractivity contribution in [2.24, 2.45) is 21.6 Å². The lowest BCUT2D eigenvalue weighted by Gasteiger charge is -2.20. The second-order valence-electron chi connectivity index (χ2n) is 6.49. The molecule has 140 valence electrons. The van der Waals surface area contributed by atoms with Crippen LogP contribution in [0.15, 0.2) is 40.6 Å². The Labute approximate surface area is 162 Å². The van der Waals surface area contributed by atoms with Crippen molar-refractivity contribution in [1.82, 2.24) is 9.97 Å². The van der Waals surface area contributed by atoms with Gasteiger partial charge in [-0.25, -0.2) is 14.8 Å². The summed E-state index contributed by atoms with van der Waals surface area (Å²) in [4.78, 5) is 26.8. The third kappa shape index (κ3) is 4.49. The molecule has 8 heteroatoms. The van der Waals surface area contributed by atoms with Crippen LogP contribution in [0.1, 0.15) is 43.5 Å². The fourth-order valence-corrected chi connectivity index (χ4v) is 3.45. The number of halogens is 1. The van der Waals surface area contributed by atoms with E-state index in [0.29, 0.717) is 16.6 Å². The van der Waals surface area contributed by atoms with Crippen molar-refractivity contribution in [1.29, 1.82) is 0 Å². The largest absolute Gasteiger partial charge is 0.463 e. The second kappa shape index (κ2) is 8.26. The van der Waals surface area contributed by atoms with Crippen molar-refractivity contribution < 1.29 is 9.90 Å². The number of carbonyl (C=O) groups is 1. The Kier molecular flexibility index (Phi) is 5.81. The number of benzene rings is 1. The topological polar surface area (TPSA) is 114 Å². The third-order valence-corrected chi connectivity index (χ3v) is 4.89. The molecule has 7 nitrogen and oxygen atoms in total. The molecule has 1 aliphatic heterocycles. The third-order valence-electron chi connectivity index (χ3n) is 4.56. The van der Waals surface area contributed by atoms with Crippen LogP contribution in [-0.2, 0) is 0 Å². The van der Waals surface area contributed by atoms with Crippen LogP contribution in [0.25, 0.3) is 11.3 Å². The van der Waals surface area contributed by atoms with E-state index >= 15 is 0 Å². The maximum Gasteiger partial charge on any atom is 0.433 e. The zero-order valence-corrected chi connectivity index (χ0v) is 15.6. The van der Waals surface area contributed by atoms with Gasteiger partial charge in [-0.3, -0.25) is 4.99 Å². The summed E-state index contributed by atoms with van der Waals surface area (Å²) >= 11 is 6.56. The number of amides is 1. The van der Waals surface area contributed by atoms with Gasteiger partial charge in [0, 0.05) is 10.6 Å². The van der Waals surface area contributed by atoms with Crippen molar-refractivity contribution >= 4 is 29.7 Å². The molecule has 0 saturated carbocycles. The fraction of sp³-hybridized carbons (Fsp3) is 0.316. The molecule has 1 aromatic carbocycles. The highest BCUT2D eigenvalue weighted by Crippen LogP contribution is 2.37. The van der Waals surface area contributed by atoms with E-state index in [0.717, 1.165) is 30.4 Å². The van der Waals surface area contributed by atoms with E-state index in [4.69, 9.17) is 22.4 Å². The summed E-state index contributed by atoms with van der Waals surface area (Å²) < 4.78 is 0. The summed E-state index contributed by atoms with van der Waals surface area (Å²) in [6, 6.07) is 7.36. The van der Waals surface area contributed by atoms with Crippen LogP contribution in [0.4, 0.5) is 4.79 Å². The summed E-state index contributed by atoms with van der Waals surface area (Å²) in [6.07, 6.45) is 5.17. The lowest BCUT2D eigenvalue weighted by Crippen LogP contribution is -2.17. The van der Waals surface area contributed by atoms with Gasteiger partial charge >= 0.3 is 6.09 Å². The van der Waals surface area contributed by atoms with Gasteiger partial charge < -0.3 is 10.8 Å². The number of amidine groups is 1. The fourth-order valence-electron chi connectivity index (χ4n) is 3.15. The van der Waals surface area contributed by atoms with Gasteiger partial charge in [-0.15, -0.1) is 0 Å². The van der Waals surface area contributed by atoms with Gasteiger partial charge in [0.1, 0.15) is 12.0 Å². The van der Waals surface area contributed by atoms with Gasteiger partial charge in [0.15, 0.2) is 5.84 Å². The zero-order valence-electron chi connectivity index (χ0n) is 14.8. The summed E-state index contributed by atoms with van der Waals surface area (Å²) in [6.45, 7) is 2.19. The minimum absolute atomic E-state index is 0.0494. The van der Waals surface area contributed by atoms with Crippen LogP contribution < -0.4 is 5.73 Å². The minimum atomic E-state index is -1.38. The van der Waals surface area contributed by atoms with E-state index in [1.807, 2.05) is 24.4 Å². The first-order valence-electron chi connectivity index (χ1n) is 8.66. The van der Waals surface area contributed by atoms with Crippen LogP contribution in [-0.4, -0.2) is 33.2 Å². The lowest BCUT2D eigenvalue weighted by molar-refractivity contribution is 0.205. The maximum absolute atomic E-state index is 10.7. The first-order valence-corrected chi connectivity index (χ1v) is 9.04. The summed E-state index contributed by atoms with van der Waals surface area (Å²) in [7, 11) is 0. The molecule has 2 heterocycles. The number of nitrogens with two attached hydrogens (primary N) is 1. The molecule has 0 radical (unpaired) electrons. The molecule has 0 aliphatic carbocycles. The first kappa shape index (κ1) is 19.0. The second-order valence-corrected chi connectivity index (χ2v) is 6.90. The Morgan fingerprint density at radius 3 is 2.89 bits per heavy atom. The highest BCUT2D eigenvalue weighted by molar-refractivity contribution is 6.31. The van der Waals surface area contributed by atoms with E-state index < -0.39 is 6.09 Å². The number of aliphatic imine (C=N–C) groups is 2. The molecule has 2 atom stereocenters. The molecular formula is C19H20ClN5O2. The van der Waals surface area contributed by atoms with Crippen molar-refractivity contribution in [2.75, 3.05) is 0 Å². The van der Waals surface area contributed by atoms with Crippen molar-refractivity contribution in [3.8, 4) is 11.3 Å². The summed E-state index contributed by atoms with van der Waals surface area (Å²) in [5, 5.41) is 9.34. The Bertz CT molecular complexity index is 913. The summed E-state index contributed by atoms with van der Waals surface area (Å²) in [5.41, 5.74) is 8.25. The predicted octanol–water partition coefficient (Wildman–Crippen LogP) is 4.11. The number of carboxylic acid groups (broad SMARTS) is 1. The first-order chi connectivity index (χ1) is 13.0. The molecule has 27 heavy (non-hydrogen) atoms. The molecule has 1 aliphatic rings. The zero-order chi connectivity index (χ0) is 19.4. The van der Waals surface area contributed by atoms with E-state index in [9.17, 15) is 4.79 Å². The normalized spacial score (nSPS) is 20.3. The number of hydrogen-bond donors (Lipinski definition) is 2. The average molecular weight is 386 g/mol. The number of nitrogens with zero attached hydrogens (tertiary/aromatic N) is 4. The number of rotatable bonds is 3. The van der Waals surface area contributed by atoms with Gasteiger partial charge in [0.25, 0.3) is 0 Å². The molecule has 3 rings (SSSR count). The molecule has 3 N–H and O–H groups in total. The maximum atomic E-state index is 10.7. The van der Waals surface area contributed by atoms with Gasteiger partial charge in [-0.05, 0) is 49.1 Å². The smallest absolute Gasteiger partial charge is 0.433 e. The van der Waals surface area contributed by atoms with E-state index in [1.165, 1.54) is 6.33 Å². The van der Waals surface area contributed by atoms with Gasteiger partial charge in [0.2, 0.25) is 0 Å². The van der Waals surface area contributed by atoms with Crippen LogP contribution in [0.2, 0.25) is 5.02 Å². The Morgan fingerprint density at radius 1 is 1.33 bits per heavy atom.